The van der Waals surface area contributed by atoms with E-state index in [1.807, 2.05) is 297 Å². The first kappa shape index (κ1) is 110. The minimum atomic E-state index is -0.728. The van der Waals surface area contributed by atoms with Gasteiger partial charge in [-0.1, -0.05) is 217 Å². The molecule has 0 radical (unpaired) electrons. The van der Waals surface area contributed by atoms with Crippen molar-refractivity contribution in [2.24, 2.45) is 17.2 Å². The highest BCUT2D eigenvalue weighted by Gasteiger charge is 2.28. The molecular formula is C114H145N7O17. The van der Waals surface area contributed by atoms with Gasteiger partial charge in [-0.3, -0.25) is 19.2 Å². The van der Waals surface area contributed by atoms with E-state index in [2.05, 4.69) is 73.3 Å². The zero-order valence-electron chi connectivity index (χ0n) is 83.3. The number of aryl methyl sites for hydroxylation is 11. The quantitative estimate of drug-likeness (QED) is 0.0156. The van der Waals surface area contributed by atoms with Crippen molar-refractivity contribution in [3.05, 3.63) is 357 Å². The molecule has 11 aromatic carbocycles. The molecule has 0 amide bonds. The second kappa shape index (κ2) is 59.8. The molecule has 0 spiro atoms. The van der Waals surface area contributed by atoms with Crippen LogP contribution in [0, 0.1) is 20.8 Å². The third-order valence-corrected chi connectivity index (χ3v) is 22.4. The predicted molar refractivity (Wildman–Crippen MR) is 548 cm³/mol. The maximum Gasteiger partial charge on any atom is 0.323 e. The van der Waals surface area contributed by atoms with Crippen LogP contribution in [0.2, 0.25) is 0 Å². The van der Waals surface area contributed by atoms with Gasteiger partial charge in [0, 0.05) is 26.2 Å². The van der Waals surface area contributed by atoms with Gasteiger partial charge in [0.2, 0.25) is 0 Å². The Morgan fingerprint density at radius 3 is 0.696 bits per heavy atom. The van der Waals surface area contributed by atoms with Crippen molar-refractivity contribution in [2.75, 3.05) is 137 Å². The Morgan fingerprint density at radius 1 is 0.290 bits per heavy atom. The fourth-order valence-corrected chi connectivity index (χ4v) is 14.9. The molecule has 0 saturated heterocycles. The number of aliphatic hydroxyl groups excluding tert-OH is 1. The average molecular weight is 1890 g/mol. The highest BCUT2D eigenvalue weighted by atomic mass is 16.6. The van der Waals surface area contributed by atoms with Gasteiger partial charge in [0.1, 0.15) is 121 Å². The number of nitrogens with zero attached hydrogens (tertiary/aromatic N) is 4. The second-order valence-corrected chi connectivity index (χ2v) is 35.5. The number of carbonyl (C=O) groups excluding carboxylic acids is 4. The summed E-state index contributed by atoms with van der Waals surface area (Å²) in [5, 5.41) is 9.20. The van der Waals surface area contributed by atoms with E-state index < -0.39 is 66.4 Å². The molecule has 0 aromatic heterocycles. The van der Waals surface area contributed by atoms with Crippen molar-refractivity contribution in [1.29, 1.82) is 0 Å². The number of hydrogen-bond acceptors (Lipinski definition) is 24. The number of rotatable bonds is 51. The molecular weight excluding hydrogens is 1740 g/mol. The Hall–Kier alpha value is -13.0. The number of para-hydroxylation sites is 4. The summed E-state index contributed by atoms with van der Waals surface area (Å²) in [6.45, 7) is 12.5. The van der Waals surface area contributed by atoms with Crippen molar-refractivity contribution >= 4 is 23.9 Å². The van der Waals surface area contributed by atoms with Gasteiger partial charge in [-0.15, -0.1) is 0 Å². The van der Waals surface area contributed by atoms with E-state index in [9.17, 15) is 24.3 Å². The summed E-state index contributed by atoms with van der Waals surface area (Å²) >= 11 is 0. The van der Waals surface area contributed by atoms with Gasteiger partial charge in [0.25, 0.3) is 0 Å². The van der Waals surface area contributed by atoms with Crippen LogP contribution in [0.5, 0.6) is 46.0 Å². The van der Waals surface area contributed by atoms with Gasteiger partial charge >= 0.3 is 23.9 Å². The van der Waals surface area contributed by atoms with Crippen LogP contribution in [0.4, 0.5) is 0 Å². The van der Waals surface area contributed by atoms with E-state index in [-0.39, 0.29) is 38.6 Å². The topological polar surface area (TPSA) is 290 Å². The van der Waals surface area contributed by atoms with Gasteiger partial charge in [-0.25, -0.2) is 0 Å². The summed E-state index contributed by atoms with van der Waals surface area (Å²) in [6.07, 6.45) is 6.16. The number of hydrogen-bond donors (Lipinski definition) is 4. The molecule has 11 rings (SSSR count). The van der Waals surface area contributed by atoms with Gasteiger partial charge in [0.05, 0.1) is 34.2 Å². The van der Waals surface area contributed by atoms with E-state index in [1.165, 1.54) is 38.9 Å². The maximum atomic E-state index is 12.8. The third-order valence-electron chi connectivity index (χ3n) is 22.4. The largest absolute Gasteiger partial charge is 0.512 e. The van der Waals surface area contributed by atoms with Crippen molar-refractivity contribution in [3.8, 4) is 46.0 Å². The Bertz CT molecular complexity index is 4970. The van der Waals surface area contributed by atoms with Crippen LogP contribution in [-0.2, 0) is 109 Å². The minimum Gasteiger partial charge on any atom is -0.512 e. The molecule has 0 heterocycles. The summed E-state index contributed by atoms with van der Waals surface area (Å²) in [6, 6.07) is 86.1. The van der Waals surface area contributed by atoms with Crippen molar-refractivity contribution < 1.29 is 81.1 Å². The summed E-state index contributed by atoms with van der Waals surface area (Å²) in [7, 11) is 22.1. The first-order chi connectivity index (χ1) is 66.4. The summed E-state index contributed by atoms with van der Waals surface area (Å²) in [4.78, 5) is 58.0. The Morgan fingerprint density at radius 2 is 0.493 bits per heavy atom. The monoisotopic (exact) mass is 1880 g/mol. The van der Waals surface area contributed by atoms with Crippen LogP contribution in [0.3, 0.4) is 0 Å². The molecule has 24 heteroatoms. The standard InChI is InChI=1S/3C30H38N2O4.C24H31NO5/c3*1-22-9-11-24(12-10-22)19-28(31)30(33)36-27(20-32(2)3)21-35-29-8-6-5-7-25(29)16-13-23-14-17-26(34-4)18-15-23;1-18(26)15-24(27)30-22(16-25(2)3)17-29-23-8-6-5-7-20(23)12-9-19-10-13-21(28-4)14-11-19/h3*5-12,14-15,17-18,27-28H,13,16,19-21,31H2,1-4H3;5-8,10-11,13-14,22,26H,1,9,12,15-17H2,2-4H3/t27?,28-;27-,28+;27-,28-;22-/m1010/s1. The zero-order valence-corrected chi connectivity index (χ0v) is 83.3. The lowest BCUT2D eigenvalue weighted by molar-refractivity contribution is -0.153. The number of ether oxygens (including phenoxy) is 12. The van der Waals surface area contributed by atoms with E-state index in [1.54, 1.807) is 28.4 Å². The van der Waals surface area contributed by atoms with Gasteiger partial charge in [0.15, 0.2) is 0 Å². The van der Waals surface area contributed by atoms with Crippen LogP contribution in [0.1, 0.15) is 84.3 Å². The molecule has 138 heavy (non-hydrogen) atoms. The summed E-state index contributed by atoms with van der Waals surface area (Å²) < 4.78 is 68.3. The molecule has 0 aliphatic heterocycles. The van der Waals surface area contributed by atoms with Crippen LogP contribution in [-0.4, -0.2) is 229 Å². The number of benzene rings is 11. The van der Waals surface area contributed by atoms with Crippen LogP contribution >= 0.6 is 0 Å². The molecule has 738 valence electrons. The Labute approximate surface area is 818 Å². The number of nitrogens with two attached hydrogens (primary N) is 3. The lowest BCUT2D eigenvalue weighted by atomic mass is 10.0. The lowest BCUT2D eigenvalue weighted by Crippen LogP contribution is -2.41. The van der Waals surface area contributed by atoms with E-state index in [0.29, 0.717) is 45.4 Å². The molecule has 1 unspecified atom stereocenters. The smallest absolute Gasteiger partial charge is 0.323 e. The molecule has 0 aliphatic carbocycles. The molecule has 7 N–H and O–H groups in total. The molecule has 0 aliphatic rings. The molecule has 24 nitrogen and oxygen atoms in total. The first-order valence-corrected chi connectivity index (χ1v) is 46.9. The van der Waals surface area contributed by atoms with Gasteiger partial charge in [-0.2, -0.15) is 0 Å². The van der Waals surface area contributed by atoms with Crippen molar-refractivity contribution in [2.45, 2.75) is 140 Å². The number of likely N-dealkylation sites (N-methyl/N-ethyl adjacent to an activating group) is 4. The van der Waals surface area contributed by atoms with Crippen LogP contribution in [0.25, 0.3) is 0 Å². The van der Waals surface area contributed by atoms with E-state index in [0.717, 1.165) is 136 Å². The fraction of sp³-hybridized carbons (Fsp3) is 0.368. The highest BCUT2D eigenvalue weighted by molar-refractivity contribution is 5.77. The number of methoxy groups -OCH3 is 4. The van der Waals surface area contributed by atoms with E-state index in [4.69, 9.17) is 74.0 Å². The normalized spacial score (nSPS) is 12.5. The van der Waals surface area contributed by atoms with Crippen molar-refractivity contribution in [1.82, 2.24) is 19.6 Å². The SMILES string of the molecule is C=C(O)CC(=O)O[C@H](COc1ccccc1CCc1ccc(OC)cc1)CN(C)C.COc1ccc(CCc2ccccc2OCC(CN(C)C)OC(=O)[C@H](N)Cc2ccc(C)cc2)cc1.COc1ccc(CCc2ccccc2OC[C@@H](CN(C)C)OC(=O)[C@H](N)Cc2ccc(C)cc2)cc1.COc1ccc(CCc2ccccc2OC[C@H](CN(C)C)OC(=O)[C@H](N)Cc2ccc(C)cc2)cc1. The molecule has 0 bridgehead atoms. The lowest BCUT2D eigenvalue weighted by Gasteiger charge is -2.24. The molecule has 11 aromatic rings. The Kier molecular flexibility index (Phi) is 47.8. The predicted octanol–water partition coefficient (Wildman–Crippen LogP) is 16.4. The zero-order chi connectivity index (χ0) is 99.7. The van der Waals surface area contributed by atoms with Crippen LogP contribution < -0.4 is 55.1 Å². The first-order valence-electron chi connectivity index (χ1n) is 46.9. The number of esters is 4. The van der Waals surface area contributed by atoms with E-state index >= 15 is 0 Å². The summed E-state index contributed by atoms with van der Waals surface area (Å²) in [5.41, 5.74) is 34.4. The molecule has 7 atom stereocenters. The number of aliphatic hydroxyl groups is 1. The number of carbonyl (C=O) groups is 4. The fourth-order valence-electron chi connectivity index (χ4n) is 14.9. The van der Waals surface area contributed by atoms with Crippen molar-refractivity contribution in [3.63, 3.8) is 0 Å². The van der Waals surface area contributed by atoms with Gasteiger partial charge in [-0.05, 0) is 282 Å². The molecule has 0 saturated carbocycles. The summed E-state index contributed by atoms with van der Waals surface area (Å²) in [5.74, 6) is 4.58. The van der Waals surface area contributed by atoms with Gasteiger partial charge < -0.3 is 98.7 Å². The Balaban J connectivity index is 0.000000226. The molecule has 0 fully saturated rings. The van der Waals surface area contributed by atoms with Crippen LogP contribution in [0.15, 0.2) is 279 Å². The minimum absolute atomic E-state index is 0.214. The third kappa shape index (κ3) is 41.9. The highest BCUT2D eigenvalue weighted by Crippen LogP contribution is 2.28. The second-order valence-electron chi connectivity index (χ2n) is 35.5. The average Bonchev–Trinajstić information content (AvgIpc) is 0.872. The maximum absolute atomic E-state index is 12.8.